The summed E-state index contributed by atoms with van der Waals surface area (Å²) in [6, 6.07) is 0. The average Bonchev–Trinajstić information content (AvgIpc) is 2.74. The Balaban J connectivity index is 2.34. The third kappa shape index (κ3) is 1.77. The van der Waals surface area contributed by atoms with Crippen molar-refractivity contribution in [1.29, 1.82) is 0 Å². The zero-order chi connectivity index (χ0) is 11.1. The van der Waals surface area contributed by atoms with Crippen molar-refractivity contribution in [3.05, 3.63) is 12.0 Å². The van der Waals surface area contributed by atoms with E-state index < -0.39 is 16.2 Å². The van der Waals surface area contributed by atoms with Gasteiger partial charge >= 0.3 is 0 Å². The van der Waals surface area contributed by atoms with E-state index in [0.29, 0.717) is 18.8 Å². The number of nitrogens with two attached hydrogens (primary N) is 1. The molecule has 0 aromatic carbocycles. The number of imidazole rings is 1. The van der Waals surface area contributed by atoms with E-state index in [1.807, 2.05) is 0 Å². The summed E-state index contributed by atoms with van der Waals surface area (Å²) in [5, 5.41) is 0.123. The molecule has 0 aliphatic carbocycles. The van der Waals surface area contributed by atoms with Gasteiger partial charge in [0.25, 0.3) is 10.0 Å². The summed E-state index contributed by atoms with van der Waals surface area (Å²) in [5.41, 5.74) is 5.72. The van der Waals surface area contributed by atoms with Gasteiger partial charge in [0.2, 0.25) is 0 Å². The molecule has 0 spiro atoms. The molecule has 1 fully saturated rings. The molecule has 2 heterocycles. The van der Waals surface area contributed by atoms with Gasteiger partial charge < -0.3 is 10.7 Å². The van der Waals surface area contributed by atoms with E-state index in [0.717, 1.165) is 6.42 Å². The van der Waals surface area contributed by atoms with Crippen LogP contribution in [-0.4, -0.2) is 35.4 Å². The van der Waals surface area contributed by atoms with E-state index >= 15 is 0 Å². The van der Waals surface area contributed by atoms with E-state index in [1.165, 1.54) is 10.5 Å². The van der Waals surface area contributed by atoms with Crippen molar-refractivity contribution >= 4 is 10.0 Å². The van der Waals surface area contributed by atoms with Crippen LogP contribution in [0.2, 0.25) is 0 Å². The third-order valence-electron chi connectivity index (χ3n) is 2.51. The van der Waals surface area contributed by atoms with Gasteiger partial charge in [-0.3, -0.25) is 0 Å². The number of H-pyrrole nitrogens is 1. The van der Waals surface area contributed by atoms with E-state index in [9.17, 15) is 8.42 Å². The minimum atomic E-state index is -3.48. The fourth-order valence-electron chi connectivity index (χ4n) is 1.72. The predicted octanol–water partition coefficient (Wildman–Crippen LogP) is -0.213. The second-order valence-electron chi connectivity index (χ2n) is 3.66. The van der Waals surface area contributed by atoms with Crippen LogP contribution in [0.4, 0.5) is 0 Å². The van der Waals surface area contributed by atoms with Crippen LogP contribution >= 0.6 is 0 Å². The zero-order valence-corrected chi connectivity index (χ0v) is 9.29. The Hall–Kier alpha value is -0.920. The number of hydrogen-bond acceptors (Lipinski definition) is 4. The van der Waals surface area contributed by atoms with Gasteiger partial charge in [-0.2, -0.15) is 4.31 Å². The van der Waals surface area contributed by atoms with Crippen molar-refractivity contribution in [2.45, 2.75) is 31.0 Å². The molecular weight excluding hydrogens is 216 g/mol. The fraction of sp³-hybridized carbons (Fsp3) is 0.625. The highest BCUT2D eigenvalue weighted by molar-refractivity contribution is 7.89. The molecule has 1 aromatic heterocycles. The molecule has 15 heavy (non-hydrogen) atoms. The van der Waals surface area contributed by atoms with Crippen LogP contribution in [0.25, 0.3) is 0 Å². The van der Waals surface area contributed by atoms with Gasteiger partial charge in [0.1, 0.15) is 5.82 Å². The van der Waals surface area contributed by atoms with Gasteiger partial charge in [-0.1, -0.05) is 0 Å². The molecule has 0 saturated carbocycles. The summed E-state index contributed by atoms with van der Waals surface area (Å²) in [4.78, 5) is 6.59. The molecule has 1 aliphatic rings. The highest BCUT2D eigenvalue weighted by Crippen LogP contribution is 2.22. The summed E-state index contributed by atoms with van der Waals surface area (Å²) in [7, 11) is -3.48. The van der Waals surface area contributed by atoms with Crippen molar-refractivity contribution in [2.75, 3.05) is 6.54 Å². The van der Waals surface area contributed by atoms with Crippen LogP contribution in [0.15, 0.2) is 11.2 Å². The van der Waals surface area contributed by atoms with Crippen molar-refractivity contribution in [3.8, 4) is 0 Å². The maximum atomic E-state index is 12.0. The maximum Gasteiger partial charge on any atom is 0.261 e. The molecule has 0 amide bonds. The first-order valence-electron chi connectivity index (χ1n) is 4.81. The lowest BCUT2D eigenvalue weighted by Gasteiger charge is -2.19. The normalized spacial score (nSPS) is 23.5. The fourth-order valence-corrected chi connectivity index (χ4v) is 3.27. The second kappa shape index (κ2) is 3.58. The Kier molecular flexibility index (Phi) is 2.53. The Morgan fingerprint density at radius 1 is 1.67 bits per heavy atom. The number of aromatic nitrogens is 2. The minimum Gasteiger partial charge on any atom is -0.332 e. The molecular formula is C8H14N4O2S. The van der Waals surface area contributed by atoms with Crippen LogP contribution in [0.5, 0.6) is 0 Å². The first kappa shape index (κ1) is 10.6. The molecule has 2 rings (SSSR count). The molecule has 1 aromatic rings. The van der Waals surface area contributed by atoms with Crippen LogP contribution < -0.4 is 5.73 Å². The number of nitrogens with zero attached hydrogens (tertiary/aromatic N) is 2. The predicted molar refractivity (Wildman–Crippen MR) is 54.4 cm³/mol. The molecule has 6 nitrogen and oxygen atoms in total. The molecule has 7 heteroatoms. The van der Waals surface area contributed by atoms with Gasteiger partial charge in [-0.15, -0.1) is 0 Å². The van der Waals surface area contributed by atoms with Gasteiger partial charge in [-0.25, -0.2) is 13.4 Å². The van der Waals surface area contributed by atoms with Crippen LogP contribution in [0.3, 0.4) is 0 Å². The minimum absolute atomic E-state index is 0.123. The Bertz CT molecular complexity index is 453. The Labute approximate surface area is 88.5 Å². The maximum absolute atomic E-state index is 12.0. The summed E-state index contributed by atoms with van der Waals surface area (Å²) in [5.74, 6) is 0.585. The lowest BCUT2D eigenvalue weighted by Crippen LogP contribution is -2.41. The smallest absolute Gasteiger partial charge is 0.261 e. The lowest BCUT2D eigenvalue weighted by atomic mass is 10.3. The summed E-state index contributed by atoms with van der Waals surface area (Å²) < 4.78 is 25.4. The van der Waals surface area contributed by atoms with E-state index in [2.05, 4.69) is 9.97 Å². The lowest BCUT2D eigenvalue weighted by molar-refractivity contribution is 0.394. The summed E-state index contributed by atoms with van der Waals surface area (Å²) in [6.07, 6.45) is 2.45. The molecule has 3 N–H and O–H groups in total. The molecule has 1 atom stereocenters. The summed E-state index contributed by atoms with van der Waals surface area (Å²) >= 11 is 0. The van der Waals surface area contributed by atoms with Crippen LogP contribution in [-0.2, 0) is 10.0 Å². The number of sulfonamides is 1. The quantitative estimate of drug-likeness (QED) is 0.735. The van der Waals surface area contributed by atoms with Crippen molar-refractivity contribution in [2.24, 2.45) is 5.73 Å². The monoisotopic (exact) mass is 230 g/mol. The molecule has 0 bridgehead atoms. The SMILES string of the molecule is Cc1ncc(S(=O)(=O)N2CCCC2N)[nH]1. The Morgan fingerprint density at radius 3 is 2.87 bits per heavy atom. The van der Waals surface area contributed by atoms with Crippen LogP contribution in [0.1, 0.15) is 18.7 Å². The molecule has 0 radical (unpaired) electrons. The molecule has 84 valence electrons. The van der Waals surface area contributed by atoms with E-state index in [1.54, 1.807) is 6.92 Å². The largest absolute Gasteiger partial charge is 0.332 e. The van der Waals surface area contributed by atoms with Crippen molar-refractivity contribution < 1.29 is 8.42 Å². The van der Waals surface area contributed by atoms with Crippen LogP contribution in [0, 0.1) is 6.92 Å². The Morgan fingerprint density at radius 2 is 2.40 bits per heavy atom. The highest BCUT2D eigenvalue weighted by atomic mass is 32.2. The number of aromatic amines is 1. The average molecular weight is 230 g/mol. The third-order valence-corrected chi connectivity index (χ3v) is 4.35. The van der Waals surface area contributed by atoms with Gasteiger partial charge in [0, 0.05) is 6.54 Å². The van der Waals surface area contributed by atoms with Gasteiger partial charge in [0.15, 0.2) is 5.03 Å². The molecule has 1 unspecified atom stereocenters. The second-order valence-corrected chi connectivity index (χ2v) is 5.52. The van der Waals surface area contributed by atoms with Crippen molar-refractivity contribution in [1.82, 2.24) is 14.3 Å². The topological polar surface area (TPSA) is 92.1 Å². The zero-order valence-electron chi connectivity index (χ0n) is 8.47. The number of hydrogen-bond donors (Lipinski definition) is 2. The number of nitrogens with one attached hydrogen (secondary N) is 1. The summed E-state index contributed by atoms with van der Waals surface area (Å²) in [6.45, 7) is 2.20. The standard InChI is InChI=1S/C8H14N4O2S/c1-6-10-5-8(11-6)15(13,14)12-4-2-3-7(12)9/h5,7H,2-4,9H2,1H3,(H,10,11). The number of rotatable bonds is 2. The first-order valence-corrected chi connectivity index (χ1v) is 6.25. The molecule has 1 aliphatic heterocycles. The molecule has 1 saturated heterocycles. The van der Waals surface area contributed by atoms with Crippen molar-refractivity contribution in [3.63, 3.8) is 0 Å². The van der Waals surface area contributed by atoms with E-state index in [4.69, 9.17) is 5.73 Å². The van der Waals surface area contributed by atoms with Gasteiger partial charge in [0.05, 0.1) is 12.4 Å². The van der Waals surface area contributed by atoms with Gasteiger partial charge in [-0.05, 0) is 19.8 Å². The van der Waals surface area contributed by atoms with E-state index in [-0.39, 0.29) is 5.03 Å². The highest BCUT2D eigenvalue weighted by Gasteiger charge is 2.34. The first-order chi connectivity index (χ1) is 7.01. The number of aryl methyl sites for hydroxylation is 1.